The number of fused-ring (bicyclic) bond motifs is 4. The summed E-state index contributed by atoms with van der Waals surface area (Å²) in [6, 6.07) is 8.42. The molecule has 3 atom stereocenters. The molecule has 2 fully saturated rings. The molecule has 114 valence electrons. The van der Waals surface area contributed by atoms with Crippen LogP contribution in [0, 0.1) is 12.8 Å². The first-order chi connectivity index (χ1) is 10.1. The van der Waals surface area contributed by atoms with Gasteiger partial charge >= 0.3 is 0 Å². The molecule has 1 aromatic carbocycles. The lowest BCUT2D eigenvalue weighted by Crippen LogP contribution is -2.66. The second-order valence-electron chi connectivity index (χ2n) is 7.80. The maximum Gasteiger partial charge on any atom is 0.0318 e. The molecule has 1 saturated heterocycles. The normalized spacial score (nSPS) is 35.6. The van der Waals surface area contributed by atoms with E-state index in [9.17, 15) is 0 Å². The number of rotatable bonds is 3. The summed E-state index contributed by atoms with van der Waals surface area (Å²) in [7, 11) is 2.16. The van der Waals surface area contributed by atoms with Gasteiger partial charge in [-0.15, -0.1) is 0 Å². The van der Waals surface area contributed by atoms with E-state index in [1.807, 2.05) is 0 Å². The topological polar surface area (TPSA) is 15.3 Å². The molecule has 0 aromatic heterocycles. The first-order valence-corrected chi connectivity index (χ1v) is 8.63. The Morgan fingerprint density at radius 3 is 2.86 bits per heavy atom. The average Bonchev–Trinajstić information content (AvgIpc) is 3.27. The van der Waals surface area contributed by atoms with Crippen molar-refractivity contribution in [3.05, 3.63) is 34.9 Å². The molecule has 1 aromatic rings. The number of piperidine rings is 1. The monoisotopic (exact) mass is 284 g/mol. The Morgan fingerprint density at radius 2 is 2.14 bits per heavy atom. The third-order valence-corrected chi connectivity index (χ3v) is 6.27. The molecule has 21 heavy (non-hydrogen) atoms. The van der Waals surface area contributed by atoms with Gasteiger partial charge < -0.3 is 5.32 Å². The third kappa shape index (κ3) is 2.15. The molecule has 4 rings (SSSR count). The van der Waals surface area contributed by atoms with Crippen molar-refractivity contribution in [2.45, 2.75) is 57.0 Å². The quantitative estimate of drug-likeness (QED) is 0.918. The van der Waals surface area contributed by atoms with Gasteiger partial charge in [-0.2, -0.15) is 0 Å². The van der Waals surface area contributed by atoms with E-state index in [4.69, 9.17) is 0 Å². The van der Waals surface area contributed by atoms with Gasteiger partial charge in [-0.25, -0.2) is 0 Å². The summed E-state index contributed by atoms with van der Waals surface area (Å²) in [6.45, 7) is 7.34. The van der Waals surface area contributed by atoms with Crippen LogP contribution in [0.1, 0.15) is 42.9 Å². The van der Waals surface area contributed by atoms with Crippen LogP contribution in [0.2, 0.25) is 0 Å². The summed E-state index contributed by atoms with van der Waals surface area (Å²) in [4.78, 5) is 2.80. The number of hydrogen-bond acceptors (Lipinski definition) is 2. The molecular weight excluding hydrogens is 256 g/mol. The molecule has 1 aliphatic heterocycles. The van der Waals surface area contributed by atoms with Crippen LogP contribution in [-0.4, -0.2) is 37.1 Å². The Labute approximate surface area is 128 Å². The van der Waals surface area contributed by atoms with Crippen molar-refractivity contribution >= 4 is 0 Å². The Bertz CT molecular complexity index is 548. The minimum absolute atomic E-state index is 0.305. The molecule has 0 radical (unpaired) electrons. The Kier molecular flexibility index (Phi) is 3.16. The number of likely N-dealkylation sites (N-methyl/N-ethyl adjacent to an activating group) is 1. The molecule has 1 N–H and O–H groups in total. The maximum absolute atomic E-state index is 3.69. The van der Waals surface area contributed by atoms with E-state index in [0.717, 1.165) is 5.92 Å². The van der Waals surface area contributed by atoms with Gasteiger partial charge in [-0.3, -0.25) is 4.90 Å². The summed E-state index contributed by atoms with van der Waals surface area (Å²) in [5.41, 5.74) is 4.92. The molecule has 1 unspecified atom stereocenters. The summed E-state index contributed by atoms with van der Waals surface area (Å²) in [5, 5.41) is 3.69. The molecule has 2 nitrogen and oxygen atoms in total. The van der Waals surface area contributed by atoms with Crippen molar-refractivity contribution in [3.63, 3.8) is 0 Å². The van der Waals surface area contributed by atoms with Crippen LogP contribution in [0.4, 0.5) is 0 Å². The molecule has 1 heterocycles. The molecule has 3 aliphatic rings. The van der Waals surface area contributed by atoms with Crippen molar-refractivity contribution in [3.8, 4) is 0 Å². The predicted octanol–water partition coefficient (Wildman–Crippen LogP) is 2.88. The van der Waals surface area contributed by atoms with Crippen LogP contribution in [0.5, 0.6) is 0 Å². The average molecular weight is 284 g/mol. The number of hydrogen-bond donors (Lipinski definition) is 1. The lowest BCUT2D eigenvalue weighted by Gasteiger charge is -2.55. The van der Waals surface area contributed by atoms with Gasteiger partial charge in [-0.1, -0.05) is 30.7 Å². The number of nitrogens with zero attached hydrogens (tertiary/aromatic N) is 1. The van der Waals surface area contributed by atoms with Crippen molar-refractivity contribution in [1.82, 2.24) is 10.2 Å². The van der Waals surface area contributed by atoms with E-state index in [2.05, 4.69) is 49.3 Å². The number of benzene rings is 1. The Hall–Kier alpha value is -0.860. The molecule has 0 amide bonds. The zero-order chi connectivity index (χ0) is 14.6. The van der Waals surface area contributed by atoms with Crippen LogP contribution in [0.15, 0.2) is 18.2 Å². The van der Waals surface area contributed by atoms with E-state index < -0.39 is 0 Å². The number of likely N-dealkylation sites (tertiary alicyclic amines) is 1. The van der Waals surface area contributed by atoms with Crippen LogP contribution >= 0.6 is 0 Å². The summed E-state index contributed by atoms with van der Waals surface area (Å²) < 4.78 is 0. The highest BCUT2D eigenvalue weighted by molar-refractivity contribution is 5.43. The molecule has 2 heteroatoms. The lowest BCUT2D eigenvalue weighted by molar-refractivity contribution is 0.0465. The second kappa shape index (κ2) is 4.82. The van der Waals surface area contributed by atoms with Crippen LogP contribution in [0.25, 0.3) is 0 Å². The highest BCUT2D eigenvalue weighted by atomic mass is 15.2. The Balaban J connectivity index is 1.73. The first-order valence-electron chi connectivity index (χ1n) is 8.63. The molecular formula is C19H28N2. The van der Waals surface area contributed by atoms with Crippen LogP contribution in [0.3, 0.4) is 0 Å². The van der Waals surface area contributed by atoms with Crippen molar-refractivity contribution in [1.29, 1.82) is 0 Å². The van der Waals surface area contributed by atoms with Crippen LogP contribution < -0.4 is 5.32 Å². The standard InChI is InChI=1S/C19H28N2/c1-13-4-7-15-11-17-18(20-3)19(2,16(15)10-13)8-9-21(17)12-14-5-6-14/h4,7,10,14,17-18,20H,5-6,8-9,11-12H2,1-3H3/t17?,18-,19-/m1/s1. The minimum Gasteiger partial charge on any atom is -0.315 e. The smallest absolute Gasteiger partial charge is 0.0318 e. The largest absolute Gasteiger partial charge is 0.315 e. The van der Waals surface area contributed by atoms with E-state index in [-0.39, 0.29) is 0 Å². The molecule has 2 aliphatic carbocycles. The van der Waals surface area contributed by atoms with Crippen molar-refractivity contribution in [2.24, 2.45) is 5.92 Å². The van der Waals surface area contributed by atoms with E-state index in [1.54, 1.807) is 11.1 Å². The van der Waals surface area contributed by atoms with Gasteiger partial charge in [0, 0.05) is 24.0 Å². The zero-order valence-electron chi connectivity index (χ0n) is 13.7. The molecule has 1 saturated carbocycles. The van der Waals surface area contributed by atoms with Gasteiger partial charge in [0.1, 0.15) is 0 Å². The molecule has 2 bridgehead atoms. The SMILES string of the molecule is CN[C@@H]1C2Cc3ccc(C)cc3[C@@]1(C)CCN2CC1CC1. The van der Waals surface area contributed by atoms with Gasteiger partial charge in [0.05, 0.1) is 0 Å². The van der Waals surface area contributed by atoms with Gasteiger partial charge in [-0.05, 0) is 63.2 Å². The summed E-state index contributed by atoms with van der Waals surface area (Å²) in [5.74, 6) is 0.992. The third-order valence-electron chi connectivity index (χ3n) is 6.27. The lowest BCUT2D eigenvalue weighted by atomic mass is 9.61. The van der Waals surface area contributed by atoms with Crippen LogP contribution in [-0.2, 0) is 11.8 Å². The zero-order valence-corrected chi connectivity index (χ0v) is 13.7. The fraction of sp³-hybridized carbons (Fsp3) is 0.684. The predicted molar refractivity (Wildman–Crippen MR) is 87.8 cm³/mol. The second-order valence-corrected chi connectivity index (χ2v) is 7.80. The first kappa shape index (κ1) is 13.8. The van der Waals surface area contributed by atoms with Gasteiger partial charge in [0.15, 0.2) is 0 Å². The van der Waals surface area contributed by atoms with E-state index >= 15 is 0 Å². The minimum atomic E-state index is 0.305. The molecule has 0 spiro atoms. The number of nitrogens with one attached hydrogen (secondary N) is 1. The highest BCUT2D eigenvalue weighted by Gasteiger charge is 2.50. The van der Waals surface area contributed by atoms with Crippen molar-refractivity contribution < 1.29 is 0 Å². The fourth-order valence-electron chi connectivity index (χ4n) is 4.88. The summed E-state index contributed by atoms with van der Waals surface area (Å²) in [6.07, 6.45) is 5.43. The van der Waals surface area contributed by atoms with Gasteiger partial charge in [0.25, 0.3) is 0 Å². The van der Waals surface area contributed by atoms with E-state index in [1.165, 1.54) is 44.3 Å². The van der Waals surface area contributed by atoms with Crippen molar-refractivity contribution in [2.75, 3.05) is 20.1 Å². The number of aryl methyl sites for hydroxylation is 1. The van der Waals surface area contributed by atoms with E-state index in [0.29, 0.717) is 17.5 Å². The van der Waals surface area contributed by atoms with Gasteiger partial charge in [0.2, 0.25) is 0 Å². The Morgan fingerprint density at radius 1 is 1.33 bits per heavy atom. The maximum atomic E-state index is 3.69. The fourth-order valence-corrected chi connectivity index (χ4v) is 4.88. The highest BCUT2D eigenvalue weighted by Crippen LogP contribution is 2.46. The summed E-state index contributed by atoms with van der Waals surface area (Å²) >= 11 is 0.